The summed E-state index contributed by atoms with van der Waals surface area (Å²) in [6.45, 7) is 3.43. The summed E-state index contributed by atoms with van der Waals surface area (Å²) in [6.07, 6.45) is 3.11. The number of carbonyl (C=O) groups excluding carboxylic acids is 2. The second-order valence-corrected chi connectivity index (χ2v) is 10.1. The van der Waals surface area contributed by atoms with Gasteiger partial charge in [0.2, 0.25) is 11.9 Å². The minimum absolute atomic E-state index is 0.207. The first-order chi connectivity index (χ1) is 20.2. The highest BCUT2D eigenvalue weighted by Crippen LogP contribution is 2.32. The van der Waals surface area contributed by atoms with E-state index in [1.54, 1.807) is 51.4 Å². The molecule has 218 valence electrons. The van der Waals surface area contributed by atoms with Gasteiger partial charge < -0.3 is 25.4 Å². The highest BCUT2D eigenvalue weighted by molar-refractivity contribution is 6.33. The number of benzene rings is 2. The maximum Gasteiger partial charge on any atom is 0.255 e. The van der Waals surface area contributed by atoms with E-state index in [-0.39, 0.29) is 29.2 Å². The number of carbonyl (C=O) groups is 2. The smallest absolute Gasteiger partial charge is 0.255 e. The highest BCUT2D eigenvalue weighted by atomic mass is 35.5. The van der Waals surface area contributed by atoms with Gasteiger partial charge >= 0.3 is 0 Å². The van der Waals surface area contributed by atoms with Crippen LogP contribution in [0.3, 0.4) is 0 Å². The number of nitrogens with one attached hydrogen (secondary N) is 2. The van der Waals surface area contributed by atoms with Crippen LogP contribution < -0.4 is 15.4 Å². The van der Waals surface area contributed by atoms with Gasteiger partial charge in [-0.25, -0.2) is 14.4 Å². The molecule has 0 saturated carbocycles. The van der Waals surface area contributed by atoms with Gasteiger partial charge in [-0.15, -0.1) is 5.10 Å². The molecule has 5 rings (SSSR count). The van der Waals surface area contributed by atoms with Crippen LogP contribution in [0.5, 0.6) is 5.75 Å². The molecule has 3 heterocycles. The summed E-state index contributed by atoms with van der Waals surface area (Å²) in [4.78, 5) is 36.7. The molecular weight excluding hydrogens is 567 g/mol. The second kappa shape index (κ2) is 12.1. The Balaban J connectivity index is 1.32. The predicted octanol–water partition coefficient (Wildman–Crippen LogP) is 3.40. The molecule has 3 N–H and O–H groups in total. The molecule has 4 aromatic rings. The molecule has 14 heteroatoms. The normalized spacial score (nSPS) is 14.0. The lowest BCUT2D eigenvalue weighted by Crippen LogP contribution is -2.46. The van der Waals surface area contributed by atoms with Crippen molar-refractivity contribution >= 4 is 35.2 Å². The molecule has 1 aliphatic heterocycles. The number of anilines is 2. The molecule has 2 aromatic carbocycles. The topological polar surface area (TPSA) is 147 Å². The van der Waals surface area contributed by atoms with Crippen molar-refractivity contribution in [2.45, 2.75) is 32.5 Å². The Labute approximate surface area is 245 Å². The van der Waals surface area contributed by atoms with Gasteiger partial charge in [-0.3, -0.25) is 14.3 Å². The molecule has 0 fully saturated rings. The number of nitrogens with zero attached hydrogens (tertiary/aromatic N) is 6. The second-order valence-electron chi connectivity index (χ2n) is 9.67. The van der Waals surface area contributed by atoms with Crippen molar-refractivity contribution < 1.29 is 23.8 Å². The van der Waals surface area contributed by atoms with Crippen LogP contribution in [-0.2, 0) is 18.4 Å². The molecule has 42 heavy (non-hydrogen) atoms. The molecule has 2 aromatic heterocycles. The number of aliphatic hydroxyl groups is 1. The van der Waals surface area contributed by atoms with Crippen LogP contribution in [0.2, 0.25) is 5.02 Å². The van der Waals surface area contributed by atoms with Gasteiger partial charge in [0.25, 0.3) is 5.91 Å². The Bertz CT molecular complexity index is 1650. The predicted molar refractivity (Wildman–Crippen MR) is 152 cm³/mol. The summed E-state index contributed by atoms with van der Waals surface area (Å²) in [6, 6.07) is 7.50. The maximum atomic E-state index is 14.1. The SMILES string of the molecule is CCOc1cc(F)cc([C@@H](CO)NC(=O)[C@@H](C)N2Cc3ccc(-c4nc(Nc5cn(C)nn5)ncc4Cl)cc3C2=O)c1. The number of rotatable bonds is 10. The number of hydrogen-bond donors (Lipinski definition) is 3. The number of amides is 2. The molecule has 0 saturated heterocycles. The molecule has 0 radical (unpaired) electrons. The molecule has 0 bridgehead atoms. The van der Waals surface area contributed by atoms with Crippen molar-refractivity contribution in [1.82, 2.24) is 35.2 Å². The number of hydrogen-bond acceptors (Lipinski definition) is 9. The van der Waals surface area contributed by atoms with Crippen LogP contribution in [0.25, 0.3) is 11.3 Å². The van der Waals surface area contributed by atoms with Crippen LogP contribution in [0.1, 0.15) is 41.4 Å². The Morgan fingerprint density at radius 2 is 2.07 bits per heavy atom. The third kappa shape index (κ3) is 6.02. The largest absolute Gasteiger partial charge is 0.494 e. The van der Waals surface area contributed by atoms with E-state index in [4.69, 9.17) is 16.3 Å². The Hall–Kier alpha value is -4.62. The summed E-state index contributed by atoms with van der Waals surface area (Å²) in [5, 5.41) is 23.7. The maximum absolute atomic E-state index is 14.1. The number of aliphatic hydroxyl groups excluding tert-OH is 1. The zero-order valence-corrected chi connectivity index (χ0v) is 23.8. The third-order valence-electron chi connectivity index (χ3n) is 6.75. The number of fused-ring (bicyclic) bond motifs is 1. The van der Waals surface area contributed by atoms with Crippen molar-refractivity contribution in [3.8, 4) is 17.0 Å². The van der Waals surface area contributed by atoms with Crippen molar-refractivity contribution in [2.75, 3.05) is 18.5 Å². The van der Waals surface area contributed by atoms with E-state index < -0.39 is 30.4 Å². The molecule has 2 amide bonds. The summed E-state index contributed by atoms with van der Waals surface area (Å²) >= 11 is 6.41. The van der Waals surface area contributed by atoms with Gasteiger partial charge in [-0.1, -0.05) is 28.9 Å². The number of aryl methyl sites for hydroxylation is 1. The van der Waals surface area contributed by atoms with Crippen LogP contribution in [-0.4, -0.2) is 66.0 Å². The number of ether oxygens (including phenoxy) is 1. The average molecular weight is 595 g/mol. The fraction of sp³-hybridized carbons (Fsp3) is 0.286. The van der Waals surface area contributed by atoms with Crippen molar-refractivity contribution in [2.24, 2.45) is 7.05 Å². The van der Waals surface area contributed by atoms with Gasteiger partial charge in [0.05, 0.1) is 42.4 Å². The molecule has 0 spiro atoms. The quantitative estimate of drug-likeness (QED) is 0.251. The van der Waals surface area contributed by atoms with Gasteiger partial charge in [0.15, 0.2) is 5.82 Å². The van der Waals surface area contributed by atoms with Gasteiger partial charge in [-0.05, 0) is 43.2 Å². The van der Waals surface area contributed by atoms with Crippen LogP contribution in [0.15, 0.2) is 48.8 Å². The molecule has 0 unspecified atom stereocenters. The van der Waals surface area contributed by atoms with Crippen molar-refractivity contribution in [1.29, 1.82) is 0 Å². The van der Waals surface area contributed by atoms with E-state index >= 15 is 0 Å². The first-order valence-electron chi connectivity index (χ1n) is 13.1. The first kappa shape index (κ1) is 28.9. The zero-order valence-electron chi connectivity index (χ0n) is 23.0. The van der Waals surface area contributed by atoms with E-state index in [1.165, 1.54) is 27.9 Å². The third-order valence-corrected chi connectivity index (χ3v) is 7.03. The van der Waals surface area contributed by atoms with E-state index in [9.17, 15) is 19.1 Å². The summed E-state index contributed by atoms with van der Waals surface area (Å²) in [5.74, 6) is -0.418. The number of halogens is 2. The fourth-order valence-electron chi connectivity index (χ4n) is 4.64. The standard InChI is InChI=1S/C28H28ClFN8O4/c1-4-42-20-8-18(7-19(30)10-20)23(14-39)32-26(40)15(2)38-12-17-6-5-16(9-21(17)27(38)41)25-22(29)11-31-28(34-25)33-24-13-37(3)36-35-24/h5-11,13,15,23,39H,4,12,14H2,1-3H3,(H,32,40)(H,31,33,34)/t15-,23-/m1/s1. The van der Waals surface area contributed by atoms with E-state index in [1.807, 2.05) is 0 Å². The minimum Gasteiger partial charge on any atom is -0.494 e. The summed E-state index contributed by atoms with van der Waals surface area (Å²) in [5.41, 5.74) is 2.49. The lowest BCUT2D eigenvalue weighted by atomic mass is 10.0. The summed E-state index contributed by atoms with van der Waals surface area (Å²) in [7, 11) is 1.73. The average Bonchev–Trinajstić information content (AvgIpc) is 3.53. The Morgan fingerprint density at radius 1 is 1.26 bits per heavy atom. The van der Waals surface area contributed by atoms with E-state index in [0.717, 1.165) is 5.56 Å². The zero-order chi connectivity index (χ0) is 30.0. The molecule has 1 aliphatic rings. The van der Waals surface area contributed by atoms with Crippen LogP contribution in [0.4, 0.5) is 16.2 Å². The lowest BCUT2D eigenvalue weighted by Gasteiger charge is -2.26. The van der Waals surface area contributed by atoms with Crippen molar-refractivity contribution in [3.05, 3.63) is 76.3 Å². The molecular formula is C28H28ClFN8O4. The van der Waals surface area contributed by atoms with E-state index in [2.05, 4.69) is 30.9 Å². The number of aromatic nitrogens is 5. The van der Waals surface area contributed by atoms with Gasteiger partial charge in [0, 0.05) is 30.8 Å². The molecule has 2 atom stereocenters. The molecule has 12 nitrogen and oxygen atoms in total. The molecule has 0 aliphatic carbocycles. The lowest BCUT2D eigenvalue weighted by molar-refractivity contribution is -0.126. The fourth-order valence-corrected chi connectivity index (χ4v) is 4.84. The Morgan fingerprint density at radius 3 is 2.79 bits per heavy atom. The Kier molecular flexibility index (Phi) is 8.31. The summed E-state index contributed by atoms with van der Waals surface area (Å²) < 4.78 is 21.0. The van der Waals surface area contributed by atoms with Gasteiger partial charge in [0.1, 0.15) is 17.6 Å². The minimum atomic E-state index is -0.897. The van der Waals surface area contributed by atoms with Crippen LogP contribution >= 0.6 is 11.6 Å². The first-order valence-corrected chi connectivity index (χ1v) is 13.5. The van der Waals surface area contributed by atoms with E-state index in [0.29, 0.717) is 34.8 Å². The monoisotopic (exact) mass is 594 g/mol. The van der Waals surface area contributed by atoms with Crippen LogP contribution in [0, 0.1) is 5.82 Å². The van der Waals surface area contributed by atoms with Crippen molar-refractivity contribution in [3.63, 3.8) is 0 Å². The van der Waals surface area contributed by atoms with Gasteiger partial charge in [-0.2, -0.15) is 0 Å². The highest BCUT2D eigenvalue weighted by Gasteiger charge is 2.35.